The number of benzene rings is 1. The van der Waals surface area contributed by atoms with Gasteiger partial charge in [-0.15, -0.1) is 24.9 Å². The van der Waals surface area contributed by atoms with Crippen molar-refractivity contribution in [1.29, 1.82) is 0 Å². The van der Waals surface area contributed by atoms with Crippen molar-refractivity contribution in [3.8, 4) is 0 Å². The van der Waals surface area contributed by atoms with Gasteiger partial charge in [0.1, 0.15) is 6.04 Å². The molecule has 3 saturated heterocycles. The van der Waals surface area contributed by atoms with Crippen molar-refractivity contribution < 1.29 is 19.5 Å². The molecular formula is C36H54N4O4S. The molecule has 0 saturated carbocycles. The lowest BCUT2D eigenvalue weighted by Crippen LogP contribution is -2.60. The van der Waals surface area contributed by atoms with E-state index in [9.17, 15) is 14.7 Å². The van der Waals surface area contributed by atoms with Gasteiger partial charge in [-0.05, 0) is 62.8 Å². The minimum absolute atomic E-state index is 0.0200. The van der Waals surface area contributed by atoms with Gasteiger partial charge in [-0.25, -0.2) is 0 Å². The summed E-state index contributed by atoms with van der Waals surface area (Å²) in [5.41, 5.74) is 1.82. The number of carbonyl (C=O) groups is 3. The second-order valence-corrected chi connectivity index (χ2v) is 14.5. The third-order valence-corrected chi connectivity index (χ3v) is 12.6. The summed E-state index contributed by atoms with van der Waals surface area (Å²) >= 11 is 1.68. The first-order chi connectivity index (χ1) is 21.6. The fourth-order valence-electron chi connectivity index (χ4n) is 8.15. The van der Waals surface area contributed by atoms with Gasteiger partial charge in [0.25, 0.3) is 5.91 Å². The van der Waals surface area contributed by atoms with Gasteiger partial charge in [0.05, 0.1) is 29.2 Å². The van der Waals surface area contributed by atoms with Crippen LogP contribution in [0.5, 0.6) is 0 Å². The molecule has 2 bridgehead atoms. The van der Waals surface area contributed by atoms with Gasteiger partial charge in [-0.2, -0.15) is 0 Å². The van der Waals surface area contributed by atoms with Crippen molar-refractivity contribution in [3.05, 3.63) is 49.6 Å². The molecule has 248 valence electrons. The van der Waals surface area contributed by atoms with Crippen molar-refractivity contribution in [2.24, 2.45) is 23.7 Å². The zero-order valence-corrected chi connectivity index (χ0v) is 29.0. The highest BCUT2D eigenvalue weighted by atomic mass is 32.2. The molecule has 3 aliphatic heterocycles. The maximum absolute atomic E-state index is 15.1. The van der Waals surface area contributed by atoms with Gasteiger partial charge in [-0.3, -0.25) is 14.4 Å². The normalized spacial score (nSPS) is 28.0. The van der Waals surface area contributed by atoms with E-state index in [2.05, 4.69) is 38.8 Å². The summed E-state index contributed by atoms with van der Waals surface area (Å²) in [5.74, 6) is -1.50. The molecule has 3 amide bonds. The number of hydrogen-bond donors (Lipinski definition) is 1. The van der Waals surface area contributed by atoms with Crippen LogP contribution in [0.15, 0.2) is 49.6 Å². The van der Waals surface area contributed by atoms with Gasteiger partial charge < -0.3 is 24.7 Å². The number of aliphatic hydroxyl groups is 1. The van der Waals surface area contributed by atoms with Crippen LogP contribution in [0.4, 0.5) is 11.4 Å². The number of nitrogens with zero attached hydrogens (tertiary/aromatic N) is 4. The molecule has 8 nitrogen and oxygen atoms in total. The van der Waals surface area contributed by atoms with Crippen molar-refractivity contribution in [3.63, 3.8) is 0 Å². The average Bonchev–Trinajstić information content (AvgIpc) is 3.64. The Morgan fingerprint density at radius 1 is 1.07 bits per heavy atom. The third kappa shape index (κ3) is 5.95. The molecule has 0 radical (unpaired) electrons. The van der Waals surface area contributed by atoms with Crippen LogP contribution in [0.25, 0.3) is 0 Å². The Bertz CT molecular complexity index is 1240. The molecule has 3 aliphatic rings. The molecule has 1 spiro atoms. The molecule has 3 unspecified atom stereocenters. The second kappa shape index (κ2) is 14.8. The van der Waals surface area contributed by atoms with Gasteiger partial charge in [0.15, 0.2) is 0 Å². The van der Waals surface area contributed by atoms with E-state index in [-0.39, 0.29) is 48.0 Å². The highest BCUT2D eigenvalue weighted by Crippen LogP contribution is 2.69. The van der Waals surface area contributed by atoms with E-state index in [4.69, 9.17) is 0 Å². The van der Waals surface area contributed by atoms with E-state index in [1.807, 2.05) is 49.9 Å². The molecule has 4 rings (SSSR count). The van der Waals surface area contributed by atoms with E-state index in [0.717, 1.165) is 43.7 Å². The van der Waals surface area contributed by atoms with E-state index in [1.54, 1.807) is 33.7 Å². The minimum atomic E-state index is -0.814. The highest BCUT2D eigenvalue weighted by Gasteiger charge is 2.77. The first kappa shape index (κ1) is 35.1. The number of fused-ring (bicyclic) bond motifs is 1. The van der Waals surface area contributed by atoms with Crippen molar-refractivity contribution in [2.75, 3.05) is 49.1 Å². The largest absolute Gasteiger partial charge is 0.394 e. The minimum Gasteiger partial charge on any atom is -0.394 e. The summed E-state index contributed by atoms with van der Waals surface area (Å²) in [7, 11) is 0. The Kier molecular flexibility index (Phi) is 11.5. The van der Waals surface area contributed by atoms with E-state index in [0.29, 0.717) is 13.1 Å². The standard InChI is InChI=1S/C36H54N4O4S/c1-9-19-38(20-10-2)33(42)30-29-22-25(8)36(45-29)31(30)34(43)40(28(23-41)24(7)12-4)32(36)35(44)39(21-11-3)27-17-15-26(16-18-27)37(13-5)14-6/h9,11,15-18,24-25,28-32,41H,1,3,10,12-14,19-23H2,2,4-8H3/t24-,25?,28-,29-,30+,31-,32?,36?/m0/s1. The Labute approximate surface area is 274 Å². The third-order valence-electron chi connectivity index (χ3n) is 10.6. The fraction of sp³-hybridized carbons (Fsp3) is 0.639. The van der Waals surface area contributed by atoms with Gasteiger partial charge in [0, 0.05) is 49.3 Å². The predicted octanol–water partition coefficient (Wildman–Crippen LogP) is 5.22. The number of thioether (sulfide) groups is 1. The Morgan fingerprint density at radius 3 is 2.22 bits per heavy atom. The van der Waals surface area contributed by atoms with Crippen LogP contribution in [-0.4, -0.2) is 94.0 Å². The van der Waals surface area contributed by atoms with Crippen LogP contribution in [0.1, 0.15) is 60.8 Å². The molecule has 45 heavy (non-hydrogen) atoms. The summed E-state index contributed by atoms with van der Waals surface area (Å²) in [6.45, 7) is 23.1. The molecule has 0 aromatic heterocycles. The number of aliphatic hydroxyl groups excluding tert-OH is 1. The number of hydrogen-bond acceptors (Lipinski definition) is 6. The monoisotopic (exact) mass is 638 g/mol. The number of carbonyl (C=O) groups excluding carboxylic acids is 3. The lowest BCUT2D eigenvalue weighted by Gasteiger charge is -2.43. The van der Waals surface area contributed by atoms with Crippen LogP contribution in [-0.2, 0) is 14.4 Å². The topological polar surface area (TPSA) is 84.4 Å². The molecule has 1 aromatic carbocycles. The molecule has 1 aromatic rings. The highest BCUT2D eigenvalue weighted by molar-refractivity contribution is 8.02. The van der Waals surface area contributed by atoms with Crippen LogP contribution in [0.3, 0.4) is 0 Å². The zero-order valence-electron chi connectivity index (χ0n) is 28.2. The summed E-state index contributed by atoms with van der Waals surface area (Å²) in [5, 5.41) is 10.7. The van der Waals surface area contributed by atoms with Crippen LogP contribution in [0, 0.1) is 23.7 Å². The predicted molar refractivity (Wildman–Crippen MR) is 185 cm³/mol. The average molecular weight is 639 g/mol. The Morgan fingerprint density at radius 2 is 1.69 bits per heavy atom. The number of anilines is 2. The molecule has 8 atom stereocenters. The molecular weight excluding hydrogens is 584 g/mol. The number of rotatable bonds is 16. The smallest absolute Gasteiger partial charge is 0.251 e. The Balaban J connectivity index is 1.84. The van der Waals surface area contributed by atoms with Crippen molar-refractivity contribution in [2.45, 2.75) is 82.9 Å². The summed E-state index contributed by atoms with van der Waals surface area (Å²) in [6, 6.07) is 6.66. The van der Waals surface area contributed by atoms with Crippen molar-refractivity contribution in [1.82, 2.24) is 9.80 Å². The maximum atomic E-state index is 15.1. The summed E-state index contributed by atoms with van der Waals surface area (Å²) in [4.78, 5) is 51.7. The summed E-state index contributed by atoms with van der Waals surface area (Å²) < 4.78 is -0.771. The lowest BCUT2D eigenvalue weighted by atomic mass is 9.65. The van der Waals surface area contributed by atoms with Crippen LogP contribution >= 0.6 is 11.8 Å². The Hall–Kier alpha value is -2.78. The second-order valence-electron chi connectivity index (χ2n) is 12.9. The van der Waals surface area contributed by atoms with Gasteiger partial charge in [-0.1, -0.05) is 46.3 Å². The van der Waals surface area contributed by atoms with Crippen molar-refractivity contribution >= 4 is 40.9 Å². The zero-order chi connectivity index (χ0) is 33.1. The van der Waals surface area contributed by atoms with E-state index in [1.165, 1.54) is 0 Å². The quantitative estimate of drug-likeness (QED) is 0.250. The lowest BCUT2D eigenvalue weighted by molar-refractivity contribution is -0.146. The van der Waals surface area contributed by atoms with E-state index < -0.39 is 28.7 Å². The van der Waals surface area contributed by atoms with Crippen LogP contribution < -0.4 is 9.80 Å². The number of likely N-dealkylation sites (tertiary alicyclic amines) is 1. The van der Waals surface area contributed by atoms with Gasteiger partial charge in [0.2, 0.25) is 11.8 Å². The molecule has 3 fully saturated rings. The fourth-order valence-corrected chi connectivity index (χ4v) is 10.5. The summed E-state index contributed by atoms with van der Waals surface area (Å²) in [6.07, 6.45) is 5.78. The van der Waals surface area contributed by atoms with Gasteiger partial charge >= 0.3 is 0 Å². The molecule has 0 aliphatic carbocycles. The molecule has 3 heterocycles. The first-order valence-corrected chi connectivity index (χ1v) is 17.8. The SMILES string of the molecule is C=CCN(CCC)C(=O)[C@@H]1[C@@H]2CC(C)C3(S2)C(C(=O)N(CC=C)c2ccc(N(CC)CC)cc2)N([C@@H](CO)[C@@H](C)CC)C(=O)[C@H]13. The van der Waals surface area contributed by atoms with Crippen LogP contribution in [0.2, 0.25) is 0 Å². The van der Waals surface area contributed by atoms with E-state index >= 15 is 4.79 Å². The molecule has 9 heteroatoms. The maximum Gasteiger partial charge on any atom is 0.251 e. The molecule has 1 N–H and O–H groups in total. The number of amides is 3. The first-order valence-electron chi connectivity index (χ1n) is 16.9.